The molecule has 0 spiro atoms. The molecule has 0 radical (unpaired) electrons. The van der Waals surface area contributed by atoms with Crippen LogP contribution in [0.2, 0.25) is 0 Å². The average Bonchev–Trinajstić information content (AvgIpc) is 3.66. The number of Topliss-reactive ketones (excluding diaryl/α,β-unsaturated/α-hetero) is 1. The van der Waals surface area contributed by atoms with Crippen molar-refractivity contribution in [3.8, 4) is 11.8 Å². The molecule has 2 aromatic rings. The Balaban J connectivity index is 1.64. The van der Waals surface area contributed by atoms with Gasteiger partial charge in [-0.3, -0.25) is 9.59 Å². The fourth-order valence-electron chi connectivity index (χ4n) is 3.50. The molecular formula is C27H29NO4. The lowest BCUT2D eigenvalue weighted by molar-refractivity contribution is -0.149. The summed E-state index contributed by atoms with van der Waals surface area (Å²) < 4.78 is 4.70. The van der Waals surface area contributed by atoms with Gasteiger partial charge in [0.15, 0.2) is 11.8 Å². The van der Waals surface area contributed by atoms with E-state index in [9.17, 15) is 14.4 Å². The Labute approximate surface area is 189 Å². The molecule has 5 nitrogen and oxygen atoms in total. The zero-order valence-corrected chi connectivity index (χ0v) is 18.9. The zero-order valence-electron chi connectivity index (χ0n) is 18.9. The van der Waals surface area contributed by atoms with Gasteiger partial charge in [-0.25, -0.2) is 4.79 Å². The summed E-state index contributed by atoms with van der Waals surface area (Å²) in [6, 6.07) is 13.9. The van der Waals surface area contributed by atoms with Gasteiger partial charge in [0.1, 0.15) is 0 Å². The first kappa shape index (κ1) is 23.3. The summed E-state index contributed by atoms with van der Waals surface area (Å²) in [5.41, 5.74) is 3.44. The Hall–Kier alpha value is -3.39. The monoisotopic (exact) mass is 431 g/mol. The number of esters is 1. The van der Waals surface area contributed by atoms with Gasteiger partial charge in [0.05, 0.1) is 7.11 Å². The van der Waals surface area contributed by atoms with E-state index in [1.807, 2.05) is 12.1 Å². The maximum Gasteiger partial charge on any atom is 0.336 e. The van der Waals surface area contributed by atoms with Crippen LogP contribution in [0.3, 0.4) is 0 Å². The van der Waals surface area contributed by atoms with Crippen molar-refractivity contribution in [3.63, 3.8) is 0 Å². The molecule has 1 amide bonds. The predicted octanol–water partition coefficient (Wildman–Crippen LogP) is 4.02. The second kappa shape index (κ2) is 10.8. The number of aryl methyl sites for hydroxylation is 1. The van der Waals surface area contributed by atoms with E-state index in [0.29, 0.717) is 5.56 Å². The first-order valence-corrected chi connectivity index (χ1v) is 11.0. The van der Waals surface area contributed by atoms with Gasteiger partial charge in [0, 0.05) is 30.2 Å². The maximum atomic E-state index is 12.8. The molecule has 3 rings (SSSR count). The predicted molar refractivity (Wildman–Crippen MR) is 123 cm³/mol. The number of amides is 1. The highest BCUT2D eigenvalue weighted by Gasteiger charge is 2.33. The lowest BCUT2D eigenvalue weighted by atomic mass is 10.0. The van der Waals surface area contributed by atoms with Gasteiger partial charge >= 0.3 is 5.97 Å². The molecule has 0 N–H and O–H groups in total. The highest BCUT2D eigenvalue weighted by molar-refractivity contribution is 6.07. The quantitative estimate of drug-likeness (QED) is 0.360. The molecule has 1 aliphatic carbocycles. The summed E-state index contributed by atoms with van der Waals surface area (Å²) in [5.74, 6) is 5.66. The highest BCUT2D eigenvalue weighted by atomic mass is 16.5. The number of carbonyl (C=O) groups excluding carboxylic acids is 3. The van der Waals surface area contributed by atoms with E-state index >= 15 is 0 Å². The van der Waals surface area contributed by atoms with E-state index in [-0.39, 0.29) is 12.2 Å². The van der Waals surface area contributed by atoms with Gasteiger partial charge in [-0.2, -0.15) is 0 Å². The second-order valence-electron chi connectivity index (χ2n) is 8.17. The molecule has 2 aromatic carbocycles. The standard InChI is InChI=1S/C27H29NO4/c1-4-24(29)25(27(31)32-3)28(2)26(30)23-17-15-22(16-18-23)14-13-21-11-9-20(10-12-21)8-7-19-5-6-19/h9-12,15-19,25H,4-8H2,1-3H3. The normalized spacial score (nSPS) is 13.5. The molecule has 0 saturated heterocycles. The first-order chi connectivity index (χ1) is 15.4. The number of ether oxygens (including phenoxy) is 1. The summed E-state index contributed by atoms with van der Waals surface area (Å²) in [7, 11) is 2.63. The maximum absolute atomic E-state index is 12.8. The van der Waals surface area contributed by atoms with Crippen molar-refractivity contribution in [1.82, 2.24) is 4.90 Å². The van der Waals surface area contributed by atoms with E-state index < -0.39 is 17.9 Å². The summed E-state index contributed by atoms with van der Waals surface area (Å²) in [4.78, 5) is 38.0. The fraction of sp³-hybridized carbons (Fsp3) is 0.370. The number of hydrogen-bond donors (Lipinski definition) is 0. The van der Waals surface area contributed by atoms with Crippen LogP contribution in [0.1, 0.15) is 59.7 Å². The minimum Gasteiger partial charge on any atom is -0.467 e. The fourth-order valence-corrected chi connectivity index (χ4v) is 3.50. The summed E-state index contributed by atoms with van der Waals surface area (Å²) in [5, 5.41) is 0. The molecular weight excluding hydrogens is 402 g/mol. The topological polar surface area (TPSA) is 63.7 Å². The van der Waals surface area contributed by atoms with Crippen LogP contribution >= 0.6 is 0 Å². The van der Waals surface area contributed by atoms with E-state index in [1.54, 1.807) is 31.2 Å². The molecule has 32 heavy (non-hydrogen) atoms. The van der Waals surface area contributed by atoms with Gasteiger partial charge in [0.2, 0.25) is 0 Å². The Bertz CT molecular complexity index is 1010. The molecule has 0 aromatic heterocycles. The molecule has 5 heteroatoms. The van der Waals surface area contributed by atoms with E-state index in [2.05, 4.69) is 24.0 Å². The van der Waals surface area contributed by atoms with Crippen molar-refractivity contribution < 1.29 is 19.1 Å². The molecule has 1 saturated carbocycles. The van der Waals surface area contributed by atoms with Crippen LogP contribution in [0.4, 0.5) is 0 Å². The van der Waals surface area contributed by atoms with Gasteiger partial charge in [-0.15, -0.1) is 0 Å². The summed E-state index contributed by atoms with van der Waals surface area (Å²) in [6.07, 6.45) is 5.30. The van der Waals surface area contributed by atoms with Crippen LogP contribution in [0.5, 0.6) is 0 Å². The van der Waals surface area contributed by atoms with Crippen molar-refractivity contribution in [2.75, 3.05) is 14.2 Å². The van der Waals surface area contributed by atoms with Crippen molar-refractivity contribution in [1.29, 1.82) is 0 Å². The van der Waals surface area contributed by atoms with Crippen molar-refractivity contribution >= 4 is 17.7 Å². The summed E-state index contributed by atoms with van der Waals surface area (Å²) >= 11 is 0. The number of ketones is 1. The van der Waals surface area contributed by atoms with Gasteiger partial charge in [-0.1, -0.05) is 43.7 Å². The molecule has 0 heterocycles. The third-order valence-corrected chi connectivity index (χ3v) is 5.76. The molecule has 1 unspecified atom stereocenters. The van der Waals surface area contributed by atoms with E-state index in [0.717, 1.165) is 28.4 Å². The van der Waals surface area contributed by atoms with Crippen LogP contribution in [0, 0.1) is 17.8 Å². The number of benzene rings is 2. The molecule has 0 aliphatic heterocycles. The smallest absolute Gasteiger partial charge is 0.336 e. The molecule has 1 atom stereocenters. The minimum atomic E-state index is -1.25. The zero-order chi connectivity index (χ0) is 23.1. The number of hydrogen-bond acceptors (Lipinski definition) is 4. The van der Waals surface area contributed by atoms with Gasteiger partial charge in [-0.05, 0) is 60.7 Å². The number of nitrogens with zero attached hydrogens (tertiary/aromatic N) is 1. The number of methoxy groups -OCH3 is 1. The average molecular weight is 432 g/mol. The number of carbonyl (C=O) groups is 3. The van der Waals surface area contributed by atoms with Gasteiger partial charge in [0.25, 0.3) is 5.91 Å². The Kier molecular flexibility index (Phi) is 7.83. The van der Waals surface area contributed by atoms with E-state index in [4.69, 9.17) is 4.74 Å². The summed E-state index contributed by atoms with van der Waals surface area (Å²) in [6.45, 7) is 1.64. The molecule has 0 bridgehead atoms. The molecule has 1 aliphatic rings. The second-order valence-corrected chi connectivity index (χ2v) is 8.17. The van der Waals surface area contributed by atoms with Crippen molar-refractivity contribution in [3.05, 3.63) is 70.8 Å². The van der Waals surface area contributed by atoms with Crippen LogP contribution in [0.25, 0.3) is 0 Å². The highest BCUT2D eigenvalue weighted by Crippen LogP contribution is 2.33. The van der Waals surface area contributed by atoms with E-state index in [1.165, 1.54) is 39.0 Å². The Morgan fingerprint density at radius 1 is 1.00 bits per heavy atom. The number of rotatable bonds is 8. The van der Waals surface area contributed by atoms with Crippen LogP contribution in [0.15, 0.2) is 48.5 Å². The Morgan fingerprint density at radius 3 is 2.06 bits per heavy atom. The van der Waals surface area contributed by atoms with Crippen LogP contribution < -0.4 is 0 Å². The van der Waals surface area contributed by atoms with Gasteiger partial charge < -0.3 is 9.64 Å². The SMILES string of the molecule is CCC(=O)C(C(=O)OC)N(C)C(=O)c1ccc(C#Cc2ccc(CCC3CC3)cc2)cc1. The largest absolute Gasteiger partial charge is 0.467 e. The minimum absolute atomic E-state index is 0.132. The van der Waals surface area contributed by atoms with Crippen LogP contribution in [-0.4, -0.2) is 42.8 Å². The Morgan fingerprint density at radius 2 is 1.56 bits per heavy atom. The first-order valence-electron chi connectivity index (χ1n) is 11.0. The van der Waals surface area contributed by atoms with Crippen LogP contribution in [-0.2, 0) is 20.7 Å². The lowest BCUT2D eigenvalue weighted by Crippen LogP contribution is -2.48. The molecule has 166 valence electrons. The van der Waals surface area contributed by atoms with Crippen molar-refractivity contribution in [2.45, 2.75) is 45.1 Å². The molecule has 1 fully saturated rings. The number of likely N-dealkylation sites (N-methyl/N-ethyl adjacent to an activating group) is 1. The van der Waals surface area contributed by atoms with Crippen molar-refractivity contribution in [2.24, 2.45) is 5.92 Å². The third kappa shape index (κ3) is 6.07. The lowest BCUT2D eigenvalue weighted by Gasteiger charge is -2.24. The third-order valence-electron chi connectivity index (χ3n) is 5.76.